The zero-order chi connectivity index (χ0) is 17.5. The van der Waals surface area contributed by atoms with Gasteiger partial charge in [-0.05, 0) is 37.0 Å². The highest BCUT2D eigenvalue weighted by Crippen LogP contribution is 2.28. The number of aliphatic carboxylic acids is 1. The summed E-state index contributed by atoms with van der Waals surface area (Å²) < 4.78 is 5.15. The van der Waals surface area contributed by atoms with Crippen molar-refractivity contribution in [1.82, 2.24) is 10.2 Å². The molecule has 6 heteroatoms. The van der Waals surface area contributed by atoms with E-state index in [2.05, 4.69) is 5.32 Å². The minimum atomic E-state index is -0.905. The van der Waals surface area contributed by atoms with Crippen molar-refractivity contribution < 1.29 is 19.4 Å². The number of hydrogen-bond acceptors (Lipinski definition) is 4. The fourth-order valence-electron chi connectivity index (χ4n) is 2.65. The van der Waals surface area contributed by atoms with Gasteiger partial charge in [-0.2, -0.15) is 0 Å². The van der Waals surface area contributed by atoms with Crippen LogP contribution in [-0.2, 0) is 16.1 Å². The summed E-state index contributed by atoms with van der Waals surface area (Å²) in [5, 5.41) is 12.0. The van der Waals surface area contributed by atoms with Crippen LogP contribution in [0.25, 0.3) is 0 Å². The molecular weight excluding hydrogens is 308 g/mol. The zero-order valence-corrected chi connectivity index (χ0v) is 14.3. The molecule has 1 aliphatic rings. The van der Waals surface area contributed by atoms with Crippen LogP contribution in [0.1, 0.15) is 38.2 Å². The molecule has 6 nitrogen and oxygen atoms in total. The molecule has 0 saturated heterocycles. The van der Waals surface area contributed by atoms with Crippen molar-refractivity contribution in [1.29, 1.82) is 0 Å². The van der Waals surface area contributed by atoms with Crippen molar-refractivity contribution in [3.63, 3.8) is 0 Å². The van der Waals surface area contributed by atoms with Gasteiger partial charge in [-0.1, -0.05) is 25.5 Å². The van der Waals surface area contributed by atoms with E-state index >= 15 is 0 Å². The minimum Gasteiger partial charge on any atom is -0.497 e. The summed E-state index contributed by atoms with van der Waals surface area (Å²) in [4.78, 5) is 25.5. The van der Waals surface area contributed by atoms with E-state index in [4.69, 9.17) is 9.84 Å². The summed E-state index contributed by atoms with van der Waals surface area (Å²) in [6.07, 6.45) is 3.30. The van der Waals surface area contributed by atoms with Crippen molar-refractivity contribution in [2.75, 3.05) is 13.7 Å². The lowest BCUT2D eigenvalue weighted by molar-refractivity contribution is -0.140. The molecule has 0 aliphatic heterocycles. The summed E-state index contributed by atoms with van der Waals surface area (Å²) in [5.74, 6) is -0.165. The predicted molar refractivity (Wildman–Crippen MR) is 90.9 cm³/mol. The highest BCUT2D eigenvalue weighted by molar-refractivity contribution is 5.80. The molecule has 1 unspecified atom stereocenters. The van der Waals surface area contributed by atoms with Gasteiger partial charge in [0.05, 0.1) is 13.7 Å². The number of nitrogens with one attached hydrogen (secondary N) is 1. The maximum atomic E-state index is 12.5. The van der Waals surface area contributed by atoms with Crippen LogP contribution in [0.5, 0.6) is 5.75 Å². The molecule has 0 radical (unpaired) electrons. The van der Waals surface area contributed by atoms with Gasteiger partial charge in [-0.25, -0.2) is 0 Å². The van der Waals surface area contributed by atoms with Gasteiger partial charge in [0.25, 0.3) is 0 Å². The Morgan fingerprint density at radius 3 is 2.50 bits per heavy atom. The lowest BCUT2D eigenvalue weighted by Gasteiger charge is -2.24. The predicted octanol–water partition coefficient (Wildman–Crippen LogP) is 2.03. The number of amides is 1. The number of carbonyl (C=O) groups is 2. The van der Waals surface area contributed by atoms with E-state index in [0.717, 1.165) is 30.6 Å². The molecule has 0 bridgehead atoms. The molecule has 1 aliphatic carbocycles. The van der Waals surface area contributed by atoms with Gasteiger partial charge in [0, 0.05) is 12.6 Å². The number of nitrogens with zero attached hydrogens (tertiary/aromatic N) is 1. The number of carboxylic acid groups (broad SMARTS) is 1. The monoisotopic (exact) mass is 334 g/mol. The first-order chi connectivity index (χ1) is 11.5. The molecule has 1 amide bonds. The second-order valence-corrected chi connectivity index (χ2v) is 6.16. The third-order valence-corrected chi connectivity index (χ3v) is 4.20. The molecule has 1 fully saturated rings. The molecule has 1 saturated carbocycles. The first-order valence-corrected chi connectivity index (χ1v) is 8.43. The van der Waals surface area contributed by atoms with Crippen molar-refractivity contribution in [3.8, 4) is 5.75 Å². The number of ether oxygens (including phenoxy) is 1. The smallest absolute Gasteiger partial charge is 0.320 e. The van der Waals surface area contributed by atoms with E-state index in [1.807, 2.05) is 36.1 Å². The number of hydrogen-bond donors (Lipinski definition) is 2. The Hall–Kier alpha value is -2.08. The lowest BCUT2D eigenvalue weighted by Crippen LogP contribution is -2.45. The van der Waals surface area contributed by atoms with Gasteiger partial charge < -0.3 is 14.7 Å². The van der Waals surface area contributed by atoms with Crippen LogP contribution in [0.2, 0.25) is 0 Å². The molecule has 1 atom stereocenters. The molecule has 0 spiro atoms. The second kappa shape index (κ2) is 8.68. The Kier molecular flexibility index (Phi) is 6.61. The van der Waals surface area contributed by atoms with E-state index in [1.54, 1.807) is 7.11 Å². The Balaban J connectivity index is 1.93. The number of benzene rings is 1. The topological polar surface area (TPSA) is 78.9 Å². The van der Waals surface area contributed by atoms with Gasteiger partial charge in [-0.15, -0.1) is 0 Å². The van der Waals surface area contributed by atoms with Crippen molar-refractivity contribution in [2.24, 2.45) is 0 Å². The van der Waals surface area contributed by atoms with Crippen LogP contribution in [0.3, 0.4) is 0 Å². The molecule has 0 aromatic heterocycles. The van der Waals surface area contributed by atoms with Gasteiger partial charge in [0.15, 0.2) is 0 Å². The molecule has 24 heavy (non-hydrogen) atoms. The molecular formula is C18H26N2O4. The average molecular weight is 334 g/mol. The largest absolute Gasteiger partial charge is 0.497 e. The van der Waals surface area contributed by atoms with Crippen molar-refractivity contribution in [3.05, 3.63) is 29.8 Å². The summed E-state index contributed by atoms with van der Waals surface area (Å²) >= 11 is 0. The Morgan fingerprint density at radius 2 is 2.00 bits per heavy atom. The summed E-state index contributed by atoms with van der Waals surface area (Å²) in [7, 11) is 1.62. The minimum absolute atomic E-state index is 0.0457. The van der Waals surface area contributed by atoms with Crippen LogP contribution in [0.4, 0.5) is 0 Å². The Labute approximate surface area is 142 Å². The van der Waals surface area contributed by atoms with Crippen LogP contribution >= 0.6 is 0 Å². The van der Waals surface area contributed by atoms with E-state index in [-0.39, 0.29) is 18.5 Å². The number of methoxy groups -OCH3 is 1. The SMILES string of the molecule is CCCC(NCC(=O)N(Cc1ccc(OC)cc1)C1CC1)C(=O)O. The fourth-order valence-corrected chi connectivity index (χ4v) is 2.65. The average Bonchev–Trinajstić information content (AvgIpc) is 3.41. The van der Waals surface area contributed by atoms with E-state index in [1.165, 1.54) is 0 Å². The third-order valence-electron chi connectivity index (χ3n) is 4.20. The lowest BCUT2D eigenvalue weighted by atomic mass is 10.1. The number of carbonyl (C=O) groups excluding carboxylic acids is 1. The Bertz CT molecular complexity index is 555. The maximum absolute atomic E-state index is 12.5. The fraction of sp³-hybridized carbons (Fsp3) is 0.556. The highest BCUT2D eigenvalue weighted by atomic mass is 16.5. The molecule has 2 rings (SSSR count). The second-order valence-electron chi connectivity index (χ2n) is 6.16. The normalized spacial score (nSPS) is 14.9. The molecule has 1 aromatic carbocycles. The molecule has 1 aromatic rings. The first-order valence-electron chi connectivity index (χ1n) is 8.43. The van der Waals surface area contributed by atoms with Crippen LogP contribution in [-0.4, -0.2) is 47.6 Å². The van der Waals surface area contributed by atoms with E-state index < -0.39 is 12.0 Å². The van der Waals surface area contributed by atoms with Gasteiger partial charge in [0.2, 0.25) is 5.91 Å². The molecule has 0 heterocycles. The van der Waals surface area contributed by atoms with Gasteiger partial charge in [-0.3, -0.25) is 14.9 Å². The summed E-state index contributed by atoms with van der Waals surface area (Å²) in [6.45, 7) is 2.53. The zero-order valence-electron chi connectivity index (χ0n) is 14.3. The summed E-state index contributed by atoms with van der Waals surface area (Å²) in [6, 6.07) is 7.27. The van der Waals surface area contributed by atoms with E-state index in [9.17, 15) is 9.59 Å². The van der Waals surface area contributed by atoms with Crippen LogP contribution in [0.15, 0.2) is 24.3 Å². The Morgan fingerprint density at radius 1 is 1.33 bits per heavy atom. The first kappa shape index (κ1) is 18.3. The molecule has 132 valence electrons. The van der Waals surface area contributed by atoms with Gasteiger partial charge >= 0.3 is 5.97 Å². The quantitative estimate of drug-likeness (QED) is 0.684. The number of rotatable bonds is 10. The third kappa shape index (κ3) is 5.23. The van der Waals surface area contributed by atoms with E-state index in [0.29, 0.717) is 13.0 Å². The highest BCUT2D eigenvalue weighted by Gasteiger charge is 2.32. The van der Waals surface area contributed by atoms with Crippen LogP contribution in [0, 0.1) is 0 Å². The van der Waals surface area contributed by atoms with Crippen molar-refractivity contribution in [2.45, 2.75) is 51.2 Å². The van der Waals surface area contributed by atoms with Crippen molar-refractivity contribution >= 4 is 11.9 Å². The summed E-state index contributed by atoms with van der Waals surface area (Å²) in [5.41, 5.74) is 1.04. The van der Waals surface area contributed by atoms with Crippen LogP contribution < -0.4 is 10.1 Å². The standard InChI is InChI=1S/C18H26N2O4/c1-3-4-16(18(22)23)19-11-17(21)20(14-7-8-14)12-13-5-9-15(24-2)10-6-13/h5-6,9-10,14,16,19H,3-4,7-8,11-12H2,1-2H3,(H,22,23). The maximum Gasteiger partial charge on any atom is 0.320 e. The van der Waals surface area contributed by atoms with Gasteiger partial charge in [0.1, 0.15) is 11.8 Å². The number of carboxylic acids is 1. The molecule has 2 N–H and O–H groups in total.